The SMILES string of the molecule is N#Cc1cc(N)ccc1Oc1ncc(F)cn1. The van der Waals surface area contributed by atoms with Gasteiger partial charge in [-0.05, 0) is 18.2 Å². The van der Waals surface area contributed by atoms with Gasteiger partial charge in [-0.1, -0.05) is 0 Å². The zero-order valence-electron chi connectivity index (χ0n) is 8.59. The smallest absolute Gasteiger partial charge is 0.322 e. The Bertz CT molecular complexity index is 577. The maximum absolute atomic E-state index is 12.6. The van der Waals surface area contributed by atoms with Gasteiger partial charge < -0.3 is 10.5 Å². The molecule has 17 heavy (non-hydrogen) atoms. The number of aromatic nitrogens is 2. The third-order valence-electron chi connectivity index (χ3n) is 1.92. The Morgan fingerprint density at radius 1 is 1.29 bits per heavy atom. The third kappa shape index (κ3) is 2.46. The van der Waals surface area contributed by atoms with E-state index in [9.17, 15) is 4.39 Å². The molecule has 0 aliphatic carbocycles. The van der Waals surface area contributed by atoms with Crippen molar-refractivity contribution >= 4 is 5.69 Å². The average Bonchev–Trinajstić information content (AvgIpc) is 2.34. The Hall–Kier alpha value is -2.68. The van der Waals surface area contributed by atoms with Crippen LogP contribution in [0.1, 0.15) is 5.56 Å². The highest BCUT2D eigenvalue weighted by atomic mass is 19.1. The fraction of sp³-hybridized carbons (Fsp3) is 0. The van der Waals surface area contributed by atoms with Gasteiger partial charge in [-0.2, -0.15) is 5.26 Å². The lowest BCUT2D eigenvalue weighted by molar-refractivity contribution is 0.435. The molecular weight excluding hydrogens is 223 g/mol. The summed E-state index contributed by atoms with van der Waals surface area (Å²) >= 11 is 0. The molecule has 0 unspecified atom stereocenters. The Labute approximate surface area is 96.3 Å². The summed E-state index contributed by atoms with van der Waals surface area (Å²) < 4.78 is 17.8. The molecule has 0 saturated heterocycles. The highest BCUT2D eigenvalue weighted by molar-refractivity contribution is 5.53. The van der Waals surface area contributed by atoms with E-state index < -0.39 is 5.82 Å². The average molecular weight is 230 g/mol. The first kappa shape index (κ1) is 10.8. The maximum atomic E-state index is 12.6. The van der Waals surface area contributed by atoms with Crippen molar-refractivity contribution in [3.05, 3.63) is 42.0 Å². The van der Waals surface area contributed by atoms with Gasteiger partial charge in [-0.25, -0.2) is 14.4 Å². The van der Waals surface area contributed by atoms with Gasteiger partial charge >= 0.3 is 6.01 Å². The van der Waals surface area contributed by atoms with Crippen LogP contribution in [-0.2, 0) is 0 Å². The van der Waals surface area contributed by atoms with Crippen LogP contribution in [0.4, 0.5) is 10.1 Å². The van der Waals surface area contributed by atoms with E-state index in [-0.39, 0.29) is 17.3 Å². The number of nitrogens with zero attached hydrogens (tertiary/aromatic N) is 3. The standard InChI is InChI=1S/C11H7FN4O/c12-8-5-15-11(16-6-8)17-10-2-1-9(14)3-7(10)4-13/h1-3,5-6H,14H2. The number of hydrogen-bond acceptors (Lipinski definition) is 5. The van der Waals surface area contributed by atoms with E-state index in [1.807, 2.05) is 6.07 Å². The molecule has 2 aromatic rings. The molecule has 0 amide bonds. The van der Waals surface area contributed by atoms with Crippen molar-refractivity contribution in [1.82, 2.24) is 9.97 Å². The summed E-state index contributed by atoms with van der Waals surface area (Å²) in [4.78, 5) is 7.24. The molecule has 2 rings (SSSR count). The van der Waals surface area contributed by atoms with Crippen LogP contribution in [0.15, 0.2) is 30.6 Å². The molecule has 0 aliphatic rings. The van der Waals surface area contributed by atoms with Crippen LogP contribution in [0.2, 0.25) is 0 Å². The first-order valence-electron chi connectivity index (χ1n) is 4.64. The number of halogens is 1. The largest absolute Gasteiger partial charge is 0.423 e. The number of benzene rings is 1. The molecular formula is C11H7FN4O. The van der Waals surface area contributed by atoms with Crippen molar-refractivity contribution in [3.8, 4) is 17.8 Å². The number of anilines is 1. The quantitative estimate of drug-likeness (QED) is 0.796. The second-order valence-corrected chi connectivity index (χ2v) is 3.15. The fourth-order valence-electron chi connectivity index (χ4n) is 1.18. The van der Waals surface area contributed by atoms with Crippen molar-refractivity contribution in [1.29, 1.82) is 5.26 Å². The number of ether oxygens (including phenoxy) is 1. The second kappa shape index (κ2) is 4.45. The van der Waals surface area contributed by atoms with Crippen molar-refractivity contribution in [2.45, 2.75) is 0 Å². The Morgan fingerprint density at radius 3 is 2.65 bits per heavy atom. The topological polar surface area (TPSA) is 84.8 Å². The van der Waals surface area contributed by atoms with E-state index in [2.05, 4.69) is 9.97 Å². The predicted molar refractivity (Wildman–Crippen MR) is 57.6 cm³/mol. The number of nitrogens with two attached hydrogens (primary N) is 1. The number of nitriles is 1. The van der Waals surface area contributed by atoms with E-state index in [0.29, 0.717) is 5.69 Å². The van der Waals surface area contributed by atoms with E-state index in [1.54, 1.807) is 6.07 Å². The Kier molecular flexibility index (Phi) is 2.83. The van der Waals surface area contributed by atoms with E-state index in [1.165, 1.54) is 12.1 Å². The molecule has 0 spiro atoms. The van der Waals surface area contributed by atoms with Gasteiger partial charge in [0.15, 0.2) is 5.82 Å². The highest BCUT2D eigenvalue weighted by Crippen LogP contribution is 2.24. The van der Waals surface area contributed by atoms with Crippen LogP contribution in [0.3, 0.4) is 0 Å². The van der Waals surface area contributed by atoms with Gasteiger partial charge in [-0.15, -0.1) is 0 Å². The van der Waals surface area contributed by atoms with Crippen LogP contribution in [0, 0.1) is 17.1 Å². The molecule has 0 fully saturated rings. The Balaban J connectivity index is 2.30. The van der Waals surface area contributed by atoms with Gasteiger partial charge in [0, 0.05) is 5.69 Å². The van der Waals surface area contributed by atoms with Crippen LogP contribution >= 0.6 is 0 Å². The summed E-state index contributed by atoms with van der Waals surface area (Å²) in [7, 11) is 0. The van der Waals surface area contributed by atoms with E-state index in [0.717, 1.165) is 12.4 Å². The number of rotatable bonds is 2. The first-order chi connectivity index (χ1) is 8.19. The van der Waals surface area contributed by atoms with Crippen LogP contribution in [0.5, 0.6) is 11.8 Å². The fourth-order valence-corrected chi connectivity index (χ4v) is 1.18. The minimum absolute atomic E-state index is 0.0346. The zero-order chi connectivity index (χ0) is 12.3. The van der Waals surface area contributed by atoms with Crippen LogP contribution in [0.25, 0.3) is 0 Å². The monoisotopic (exact) mass is 230 g/mol. The highest BCUT2D eigenvalue weighted by Gasteiger charge is 2.06. The van der Waals surface area contributed by atoms with Crippen LogP contribution in [-0.4, -0.2) is 9.97 Å². The molecule has 0 aliphatic heterocycles. The minimum atomic E-state index is -0.560. The lowest BCUT2D eigenvalue weighted by atomic mass is 10.2. The van der Waals surface area contributed by atoms with Crippen molar-refractivity contribution in [2.75, 3.05) is 5.73 Å². The lowest BCUT2D eigenvalue weighted by Gasteiger charge is -2.05. The van der Waals surface area contributed by atoms with Crippen LogP contribution < -0.4 is 10.5 Å². The van der Waals surface area contributed by atoms with Gasteiger partial charge in [0.1, 0.15) is 11.8 Å². The molecule has 0 atom stereocenters. The lowest BCUT2D eigenvalue weighted by Crippen LogP contribution is -1.95. The minimum Gasteiger partial charge on any atom is -0.423 e. The summed E-state index contributed by atoms with van der Waals surface area (Å²) in [6.07, 6.45) is 1.96. The molecule has 1 heterocycles. The number of nitrogen functional groups attached to an aromatic ring is 1. The molecule has 6 heteroatoms. The zero-order valence-corrected chi connectivity index (χ0v) is 8.59. The Morgan fingerprint density at radius 2 is 2.00 bits per heavy atom. The molecule has 5 nitrogen and oxygen atoms in total. The molecule has 0 bridgehead atoms. The second-order valence-electron chi connectivity index (χ2n) is 3.15. The van der Waals surface area contributed by atoms with Gasteiger partial charge in [0.05, 0.1) is 18.0 Å². The van der Waals surface area contributed by atoms with Gasteiger partial charge in [-0.3, -0.25) is 0 Å². The first-order valence-corrected chi connectivity index (χ1v) is 4.64. The summed E-state index contributed by atoms with van der Waals surface area (Å²) in [6, 6.07) is 6.48. The summed E-state index contributed by atoms with van der Waals surface area (Å²) in [6.45, 7) is 0. The predicted octanol–water partition coefficient (Wildman–Crippen LogP) is 1.86. The van der Waals surface area contributed by atoms with Crippen molar-refractivity contribution in [2.24, 2.45) is 0 Å². The number of hydrogen-bond donors (Lipinski definition) is 1. The van der Waals surface area contributed by atoms with Crippen molar-refractivity contribution in [3.63, 3.8) is 0 Å². The summed E-state index contributed by atoms with van der Waals surface area (Å²) in [5.74, 6) is -0.288. The molecule has 1 aromatic heterocycles. The molecule has 1 aromatic carbocycles. The van der Waals surface area contributed by atoms with E-state index in [4.69, 9.17) is 15.7 Å². The van der Waals surface area contributed by atoms with Crippen molar-refractivity contribution < 1.29 is 9.13 Å². The normalized spacial score (nSPS) is 9.65. The molecule has 84 valence electrons. The summed E-state index contributed by atoms with van der Waals surface area (Å²) in [5.41, 5.74) is 6.24. The van der Waals surface area contributed by atoms with Gasteiger partial charge in [0.25, 0.3) is 0 Å². The van der Waals surface area contributed by atoms with E-state index >= 15 is 0 Å². The third-order valence-corrected chi connectivity index (χ3v) is 1.92. The molecule has 0 radical (unpaired) electrons. The summed E-state index contributed by atoms with van der Waals surface area (Å²) in [5, 5.41) is 8.88. The van der Waals surface area contributed by atoms with Gasteiger partial charge in [0.2, 0.25) is 0 Å². The molecule has 0 saturated carbocycles. The molecule has 2 N–H and O–H groups in total. The maximum Gasteiger partial charge on any atom is 0.322 e.